The van der Waals surface area contributed by atoms with Gasteiger partial charge in [0.25, 0.3) is 0 Å². The number of hydrogen-bond acceptors (Lipinski definition) is 7. The van der Waals surface area contributed by atoms with Gasteiger partial charge in [-0.3, -0.25) is 4.79 Å². The number of amides is 1. The van der Waals surface area contributed by atoms with Crippen molar-refractivity contribution in [2.75, 3.05) is 17.7 Å². The van der Waals surface area contributed by atoms with Crippen molar-refractivity contribution < 1.29 is 9.53 Å². The zero-order valence-corrected chi connectivity index (χ0v) is 20.2. The van der Waals surface area contributed by atoms with E-state index in [1.165, 1.54) is 23.1 Å². The number of rotatable bonds is 8. The van der Waals surface area contributed by atoms with E-state index in [4.69, 9.17) is 4.74 Å². The molecule has 0 radical (unpaired) electrons. The number of aryl methyl sites for hydroxylation is 2. The molecule has 0 saturated heterocycles. The Kier molecular flexibility index (Phi) is 7.26. The second-order valence-corrected chi connectivity index (χ2v) is 9.72. The lowest BCUT2D eigenvalue weighted by atomic mass is 10.1. The number of nitrogens with one attached hydrogen (secondary N) is 2. The van der Waals surface area contributed by atoms with Crippen LogP contribution in [0, 0.1) is 13.8 Å². The molecule has 0 bridgehead atoms. The number of anilines is 3. The lowest BCUT2D eigenvalue weighted by molar-refractivity contribution is -0.115. The van der Waals surface area contributed by atoms with Gasteiger partial charge in [0.1, 0.15) is 11.0 Å². The summed E-state index contributed by atoms with van der Waals surface area (Å²) in [5.74, 6) is 0.543. The molecule has 4 rings (SSSR count). The fraction of sp³-hybridized carbons (Fsp3) is 0.160. The Morgan fingerprint density at radius 2 is 1.70 bits per heavy atom. The van der Waals surface area contributed by atoms with Crippen LogP contribution in [0.5, 0.6) is 5.75 Å². The van der Waals surface area contributed by atoms with Crippen LogP contribution in [0.25, 0.3) is 0 Å². The van der Waals surface area contributed by atoms with Crippen LogP contribution in [0.4, 0.5) is 16.5 Å². The normalized spacial score (nSPS) is 11.6. The molecule has 3 aromatic carbocycles. The largest absolute Gasteiger partial charge is 0.497 e. The van der Waals surface area contributed by atoms with Crippen molar-refractivity contribution in [3.63, 3.8) is 0 Å². The summed E-state index contributed by atoms with van der Waals surface area (Å²) in [4.78, 5) is 13.3. The topological polar surface area (TPSA) is 76.1 Å². The SMILES string of the molecule is COc1cccc(NC(=O)C(Sc2nnc(Nc3c(C)cccc3C)s2)c2ccccc2)c1. The fourth-order valence-corrected chi connectivity index (χ4v) is 5.29. The van der Waals surface area contributed by atoms with Crippen LogP contribution < -0.4 is 15.4 Å². The molecule has 33 heavy (non-hydrogen) atoms. The Hall–Kier alpha value is -3.36. The van der Waals surface area contributed by atoms with Crippen molar-refractivity contribution in [3.05, 3.63) is 89.5 Å². The Bertz CT molecular complexity index is 1220. The molecular formula is C25H24N4O2S2. The summed E-state index contributed by atoms with van der Waals surface area (Å²) < 4.78 is 5.97. The Balaban J connectivity index is 1.54. The van der Waals surface area contributed by atoms with Gasteiger partial charge in [-0.25, -0.2) is 0 Å². The maximum absolute atomic E-state index is 13.3. The molecule has 0 aliphatic rings. The lowest BCUT2D eigenvalue weighted by Gasteiger charge is -2.16. The molecule has 6 nitrogen and oxygen atoms in total. The van der Waals surface area contributed by atoms with Gasteiger partial charge in [-0.1, -0.05) is 77.7 Å². The van der Waals surface area contributed by atoms with Crippen LogP contribution in [-0.4, -0.2) is 23.2 Å². The Labute approximate surface area is 201 Å². The molecule has 1 amide bonds. The van der Waals surface area contributed by atoms with Crippen molar-refractivity contribution in [3.8, 4) is 5.75 Å². The maximum atomic E-state index is 13.3. The first kappa shape index (κ1) is 22.8. The second-order valence-electron chi connectivity index (χ2n) is 7.39. The number of para-hydroxylation sites is 1. The molecule has 0 fully saturated rings. The molecule has 0 aliphatic heterocycles. The molecule has 168 valence electrons. The van der Waals surface area contributed by atoms with Gasteiger partial charge in [0.15, 0.2) is 4.34 Å². The van der Waals surface area contributed by atoms with Gasteiger partial charge < -0.3 is 15.4 Å². The van der Waals surface area contributed by atoms with Crippen LogP contribution in [-0.2, 0) is 4.79 Å². The van der Waals surface area contributed by atoms with E-state index in [1.807, 2.05) is 54.6 Å². The van der Waals surface area contributed by atoms with Gasteiger partial charge in [-0.15, -0.1) is 10.2 Å². The van der Waals surface area contributed by atoms with Crippen molar-refractivity contribution in [2.45, 2.75) is 23.4 Å². The van der Waals surface area contributed by atoms with Gasteiger partial charge in [0.2, 0.25) is 11.0 Å². The summed E-state index contributed by atoms with van der Waals surface area (Å²) >= 11 is 2.81. The number of carbonyl (C=O) groups excluding carboxylic acids is 1. The van der Waals surface area contributed by atoms with Gasteiger partial charge in [-0.2, -0.15) is 0 Å². The van der Waals surface area contributed by atoms with Gasteiger partial charge in [0, 0.05) is 17.4 Å². The average molecular weight is 477 g/mol. The minimum absolute atomic E-state index is 0.140. The van der Waals surface area contributed by atoms with Crippen LogP contribution >= 0.6 is 23.1 Å². The van der Waals surface area contributed by atoms with Crippen LogP contribution in [0.1, 0.15) is 21.9 Å². The van der Waals surface area contributed by atoms with Crippen molar-refractivity contribution in [1.82, 2.24) is 10.2 Å². The summed E-state index contributed by atoms with van der Waals surface area (Å²) in [7, 11) is 1.60. The molecule has 1 heterocycles. The van der Waals surface area contributed by atoms with E-state index < -0.39 is 5.25 Å². The highest BCUT2D eigenvalue weighted by Crippen LogP contribution is 2.39. The van der Waals surface area contributed by atoms with Crippen LogP contribution in [0.2, 0.25) is 0 Å². The van der Waals surface area contributed by atoms with E-state index in [1.54, 1.807) is 13.2 Å². The first-order valence-corrected chi connectivity index (χ1v) is 12.1. The third-order valence-electron chi connectivity index (χ3n) is 5.02. The number of hydrogen-bond donors (Lipinski definition) is 2. The first-order valence-electron chi connectivity index (χ1n) is 10.4. The molecule has 1 atom stereocenters. The minimum Gasteiger partial charge on any atom is -0.497 e. The van der Waals surface area contributed by atoms with E-state index in [0.717, 1.165) is 22.4 Å². The minimum atomic E-state index is -0.488. The monoisotopic (exact) mass is 476 g/mol. The Morgan fingerprint density at radius 1 is 0.970 bits per heavy atom. The first-order chi connectivity index (χ1) is 16.0. The summed E-state index contributed by atoms with van der Waals surface area (Å²) in [5, 5.41) is 15.2. The number of methoxy groups -OCH3 is 1. The van der Waals surface area contributed by atoms with Gasteiger partial charge in [0.05, 0.1) is 7.11 Å². The van der Waals surface area contributed by atoms with E-state index in [2.05, 4.69) is 46.8 Å². The number of benzene rings is 3. The quantitative estimate of drug-likeness (QED) is 0.287. The highest BCUT2D eigenvalue weighted by atomic mass is 32.2. The van der Waals surface area contributed by atoms with Gasteiger partial charge >= 0.3 is 0 Å². The van der Waals surface area contributed by atoms with Crippen molar-refractivity contribution in [2.24, 2.45) is 0 Å². The number of thioether (sulfide) groups is 1. The molecule has 1 aromatic heterocycles. The van der Waals surface area contributed by atoms with Crippen LogP contribution in [0.15, 0.2) is 77.1 Å². The number of aromatic nitrogens is 2. The van der Waals surface area contributed by atoms with Crippen LogP contribution in [0.3, 0.4) is 0 Å². The molecule has 4 aromatic rings. The fourth-order valence-electron chi connectivity index (χ4n) is 3.34. The van der Waals surface area contributed by atoms with Crippen molar-refractivity contribution in [1.29, 1.82) is 0 Å². The van der Waals surface area contributed by atoms with E-state index >= 15 is 0 Å². The maximum Gasteiger partial charge on any atom is 0.242 e. The highest BCUT2D eigenvalue weighted by Gasteiger charge is 2.24. The molecule has 0 aliphatic carbocycles. The summed E-state index contributed by atoms with van der Waals surface area (Å²) in [5.41, 5.74) is 4.87. The zero-order chi connectivity index (χ0) is 23.2. The second kappa shape index (κ2) is 10.5. The number of carbonyl (C=O) groups is 1. The highest BCUT2D eigenvalue weighted by molar-refractivity contribution is 8.02. The molecule has 8 heteroatoms. The standard InChI is InChI=1S/C25H24N4O2S2/c1-16-9-7-10-17(2)21(16)27-24-28-29-25(33-24)32-22(18-11-5-4-6-12-18)23(30)26-19-13-8-14-20(15-19)31-3/h4-15,22H,1-3H3,(H,26,30)(H,27,28). The average Bonchev–Trinajstić information content (AvgIpc) is 3.28. The van der Waals surface area contributed by atoms with Crippen molar-refractivity contribution >= 4 is 45.5 Å². The molecule has 0 spiro atoms. The Morgan fingerprint density at radius 3 is 2.42 bits per heavy atom. The van der Waals surface area contributed by atoms with E-state index in [-0.39, 0.29) is 5.91 Å². The lowest BCUT2D eigenvalue weighted by Crippen LogP contribution is -2.19. The van der Waals surface area contributed by atoms with Gasteiger partial charge in [-0.05, 0) is 42.7 Å². The number of nitrogens with zero attached hydrogens (tertiary/aromatic N) is 2. The third kappa shape index (κ3) is 5.71. The molecule has 1 unspecified atom stereocenters. The third-order valence-corrected chi connectivity index (χ3v) is 7.19. The smallest absolute Gasteiger partial charge is 0.242 e. The summed E-state index contributed by atoms with van der Waals surface area (Å²) in [6, 6.07) is 23.1. The predicted octanol–water partition coefficient (Wildman–Crippen LogP) is 6.38. The number of ether oxygens (including phenoxy) is 1. The summed E-state index contributed by atoms with van der Waals surface area (Å²) in [6.45, 7) is 4.11. The molecule has 2 N–H and O–H groups in total. The predicted molar refractivity (Wildman–Crippen MR) is 136 cm³/mol. The zero-order valence-electron chi connectivity index (χ0n) is 18.5. The van der Waals surface area contributed by atoms with E-state index in [0.29, 0.717) is 20.9 Å². The molecular weight excluding hydrogens is 452 g/mol. The summed E-state index contributed by atoms with van der Waals surface area (Å²) in [6.07, 6.45) is 0. The van der Waals surface area contributed by atoms with E-state index in [9.17, 15) is 4.79 Å². The molecule has 0 saturated carbocycles.